The first kappa shape index (κ1) is 16.7. The third kappa shape index (κ3) is 2.77. The van der Waals surface area contributed by atoms with Crippen molar-refractivity contribution in [3.05, 3.63) is 70.5 Å². The highest BCUT2D eigenvalue weighted by molar-refractivity contribution is 7.92. The lowest BCUT2D eigenvalue weighted by atomic mass is 10.2. The summed E-state index contributed by atoms with van der Waals surface area (Å²) in [6, 6.07) is 16.3. The van der Waals surface area contributed by atoms with Crippen LogP contribution in [0.5, 0.6) is 0 Å². The number of nitrogens with zero attached hydrogens (tertiary/aromatic N) is 3. The van der Waals surface area contributed by atoms with E-state index in [4.69, 9.17) is 5.26 Å². The van der Waals surface area contributed by atoms with Crippen molar-refractivity contribution in [1.29, 1.82) is 5.26 Å². The summed E-state index contributed by atoms with van der Waals surface area (Å²) >= 11 is 0. The zero-order chi connectivity index (χ0) is 18.2. The van der Waals surface area contributed by atoms with E-state index in [-0.39, 0.29) is 10.6 Å². The molecule has 0 fully saturated rings. The molecular weight excluding hydrogens is 338 g/mol. The molecule has 0 spiro atoms. The Hall–Kier alpha value is -3.11. The van der Waals surface area contributed by atoms with Gasteiger partial charge in [0.1, 0.15) is 5.69 Å². The minimum absolute atomic E-state index is 0.0178. The molecule has 0 unspecified atom stereocenters. The summed E-state index contributed by atoms with van der Waals surface area (Å²) in [6.45, 7) is 0. The summed E-state index contributed by atoms with van der Waals surface area (Å²) in [4.78, 5) is 12.6. The molecule has 0 aliphatic heterocycles. The van der Waals surface area contributed by atoms with Crippen LogP contribution < -0.4 is 9.86 Å². The van der Waals surface area contributed by atoms with Crippen LogP contribution in [0.15, 0.2) is 64.3 Å². The summed E-state index contributed by atoms with van der Waals surface area (Å²) in [5.74, 6) is 0. The molecule has 1 heterocycles. The Balaban J connectivity index is 2.15. The number of pyridine rings is 1. The highest BCUT2D eigenvalue weighted by Gasteiger charge is 2.24. The Morgan fingerprint density at radius 3 is 2.36 bits per heavy atom. The van der Waals surface area contributed by atoms with Gasteiger partial charge in [-0.15, -0.1) is 0 Å². The van der Waals surface area contributed by atoms with E-state index in [1.807, 2.05) is 24.3 Å². The SMILES string of the molecule is CN(c1cc2ccccc2n(C)c1=O)S(=O)(=O)c1ccc(C#N)cc1. The zero-order valence-corrected chi connectivity index (χ0v) is 14.5. The first-order valence-corrected chi connectivity index (χ1v) is 8.88. The highest BCUT2D eigenvalue weighted by atomic mass is 32.2. The number of fused-ring (bicyclic) bond motifs is 1. The zero-order valence-electron chi connectivity index (χ0n) is 13.7. The number of rotatable bonds is 3. The van der Waals surface area contributed by atoms with Crippen molar-refractivity contribution in [2.24, 2.45) is 7.05 Å². The van der Waals surface area contributed by atoms with Crippen LogP contribution in [0.2, 0.25) is 0 Å². The van der Waals surface area contributed by atoms with E-state index in [0.717, 1.165) is 15.2 Å². The van der Waals surface area contributed by atoms with Crippen molar-refractivity contribution >= 4 is 26.6 Å². The number of sulfonamides is 1. The van der Waals surface area contributed by atoms with Crippen molar-refractivity contribution < 1.29 is 8.42 Å². The van der Waals surface area contributed by atoms with E-state index in [0.29, 0.717) is 5.56 Å². The second kappa shape index (κ2) is 6.07. The van der Waals surface area contributed by atoms with Gasteiger partial charge in [-0.1, -0.05) is 18.2 Å². The Kier molecular flexibility index (Phi) is 4.07. The number of para-hydroxylation sites is 1. The van der Waals surface area contributed by atoms with E-state index < -0.39 is 15.6 Å². The molecule has 0 bridgehead atoms. The summed E-state index contributed by atoms with van der Waals surface area (Å²) in [6.07, 6.45) is 0. The standard InChI is InChI=1S/C18H15N3O3S/c1-20-16-6-4-3-5-14(16)11-17(18(20)22)21(2)25(23,24)15-9-7-13(12-19)8-10-15/h3-11H,1-2H3. The van der Waals surface area contributed by atoms with Gasteiger partial charge in [-0.3, -0.25) is 9.10 Å². The van der Waals surface area contributed by atoms with Gasteiger partial charge < -0.3 is 4.57 Å². The van der Waals surface area contributed by atoms with Crippen LogP contribution in [-0.2, 0) is 17.1 Å². The minimum atomic E-state index is -3.91. The lowest BCUT2D eigenvalue weighted by Crippen LogP contribution is -2.33. The van der Waals surface area contributed by atoms with Crippen LogP contribution in [0, 0.1) is 11.3 Å². The normalized spacial score (nSPS) is 11.2. The maximum atomic E-state index is 12.8. The van der Waals surface area contributed by atoms with Crippen molar-refractivity contribution in [1.82, 2.24) is 4.57 Å². The second-order valence-corrected chi connectivity index (χ2v) is 7.53. The average molecular weight is 353 g/mol. The van der Waals surface area contributed by atoms with E-state index in [9.17, 15) is 13.2 Å². The number of aryl methyl sites for hydroxylation is 1. The molecule has 25 heavy (non-hydrogen) atoms. The van der Waals surface area contributed by atoms with Gasteiger partial charge in [0.05, 0.1) is 22.0 Å². The third-order valence-corrected chi connectivity index (χ3v) is 5.88. The molecule has 7 heteroatoms. The fraction of sp³-hybridized carbons (Fsp3) is 0.111. The van der Waals surface area contributed by atoms with Crippen molar-refractivity contribution in [2.75, 3.05) is 11.4 Å². The van der Waals surface area contributed by atoms with E-state index >= 15 is 0 Å². The number of hydrogen-bond donors (Lipinski definition) is 0. The summed E-state index contributed by atoms with van der Waals surface area (Å²) in [7, 11) is -0.961. The number of aromatic nitrogens is 1. The van der Waals surface area contributed by atoms with Crippen LogP contribution in [0.3, 0.4) is 0 Å². The highest BCUT2D eigenvalue weighted by Crippen LogP contribution is 2.23. The van der Waals surface area contributed by atoms with Crippen molar-refractivity contribution in [3.8, 4) is 6.07 Å². The van der Waals surface area contributed by atoms with Crippen LogP contribution in [-0.4, -0.2) is 20.0 Å². The molecule has 0 radical (unpaired) electrons. The van der Waals surface area contributed by atoms with Gasteiger partial charge in [0.15, 0.2) is 0 Å². The molecule has 0 N–H and O–H groups in total. The summed E-state index contributed by atoms with van der Waals surface area (Å²) in [5.41, 5.74) is 0.743. The predicted octanol–water partition coefficient (Wildman–Crippen LogP) is 2.24. The molecule has 0 amide bonds. The fourth-order valence-electron chi connectivity index (χ4n) is 2.62. The first-order chi connectivity index (χ1) is 11.9. The molecule has 0 aliphatic rings. The number of nitriles is 1. The molecule has 3 rings (SSSR count). The van der Waals surface area contributed by atoms with Crippen molar-refractivity contribution in [3.63, 3.8) is 0 Å². The van der Waals surface area contributed by atoms with Crippen molar-refractivity contribution in [2.45, 2.75) is 4.90 Å². The van der Waals surface area contributed by atoms with Crippen LogP contribution >= 0.6 is 0 Å². The van der Waals surface area contributed by atoms with Gasteiger partial charge in [-0.25, -0.2) is 8.42 Å². The fourth-order valence-corrected chi connectivity index (χ4v) is 3.81. The topological polar surface area (TPSA) is 83.2 Å². The van der Waals surface area contributed by atoms with Gasteiger partial charge in [-0.2, -0.15) is 5.26 Å². The van der Waals surface area contributed by atoms with Gasteiger partial charge in [-0.05, 0) is 36.4 Å². The van der Waals surface area contributed by atoms with Crippen LogP contribution in [0.25, 0.3) is 10.9 Å². The molecule has 126 valence electrons. The van der Waals surface area contributed by atoms with E-state index in [1.54, 1.807) is 19.2 Å². The van der Waals surface area contributed by atoms with Gasteiger partial charge in [0.2, 0.25) is 0 Å². The molecular formula is C18H15N3O3S. The molecule has 0 saturated heterocycles. The summed E-state index contributed by atoms with van der Waals surface area (Å²) < 4.78 is 28.1. The molecule has 2 aromatic carbocycles. The van der Waals surface area contributed by atoms with Gasteiger partial charge >= 0.3 is 0 Å². The largest absolute Gasteiger partial charge is 0.310 e. The summed E-state index contributed by atoms with van der Waals surface area (Å²) in [5, 5.41) is 9.60. The second-order valence-electron chi connectivity index (χ2n) is 5.56. The van der Waals surface area contributed by atoms with E-state index in [1.165, 1.54) is 35.9 Å². The molecule has 1 aromatic heterocycles. The Bertz CT molecular complexity index is 1160. The lowest BCUT2D eigenvalue weighted by Gasteiger charge is -2.20. The van der Waals surface area contributed by atoms with Gasteiger partial charge in [0.25, 0.3) is 15.6 Å². The molecule has 0 atom stereocenters. The number of anilines is 1. The van der Waals surface area contributed by atoms with Crippen LogP contribution in [0.4, 0.5) is 5.69 Å². The maximum Gasteiger partial charge on any atom is 0.275 e. The molecule has 0 saturated carbocycles. The Morgan fingerprint density at radius 1 is 1.08 bits per heavy atom. The third-order valence-electron chi connectivity index (χ3n) is 4.10. The monoisotopic (exact) mass is 353 g/mol. The first-order valence-electron chi connectivity index (χ1n) is 7.44. The molecule has 6 nitrogen and oxygen atoms in total. The number of hydrogen-bond acceptors (Lipinski definition) is 4. The Labute approximate surface area is 145 Å². The van der Waals surface area contributed by atoms with E-state index in [2.05, 4.69) is 0 Å². The van der Waals surface area contributed by atoms with Gasteiger partial charge in [0, 0.05) is 19.5 Å². The quantitative estimate of drug-likeness (QED) is 0.723. The molecule has 3 aromatic rings. The smallest absolute Gasteiger partial charge is 0.275 e. The van der Waals surface area contributed by atoms with Crippen LogP contribution in [0.1, 0.15) is 5.56 Å². The molecule has 0 aliphatic carbocycles. The lowest BCUT2D eigenvalue weighted by molar-refractivity contribution is 0.594. The average Bonchev–Trinajstić information content (AvgIpc) is 2.64. The maximum absolute atomic E-state index is 12.8. The predicted molar refractivity (Wildman–Crippen MR) is 95.9 cm³/mol. The Morgan fingerprint density at radius 2 is 1.72 bits per heavy atom. The minimum Gasteiger partial charge on any atom is -0.310 e. The number of benzene rings is 2.